The van der Waals surface area contributed by atoms with Crippen LogP contribution in [0.3, 0.4) is 0 Å². The Balaban J connectivity index is 1.54. The minimum Gasteiger partial charge on any atom is -0.347 e. The predicted octanol–water partition coefficient (Wildman–Crippen LogP) is 2.45. The molecular formula is C35H53N7O6. The molecule has 264 valence electrons. The van der Waals surface area contributed by atoms with Crippen LogP contribution in [-0.4, -0.2) is 86.9 Å². The van der Waals surface area contributed by atoms with Crippen LogP contribution in [0, 0.1) is 17.3 Å². The van der Waals surface area contributed by atoms with Gasteiger partial charge in [0.25, 0.3) is 11.8 Å². The van der Waals surface area contributed by atoms with Gasteiger partial charge >= 0.3 is 0 Å². The molecule has 1 aromatic rings. The van der Waals surface area contributed by atoms with Gasteiger partial charge in [0.15, 0.2) is 0 Å². The number of hydrogen-bond acceptors (Lipinski definition) is 8. The summed E-state index contributed by atoms with van der Waals surface area (Å²) in [6, 6.07) is -3.75. The maximum Gasteiger partial charge on any atom is 0.289 e. The van der Waals surface area contributed by atoms with Crippen LogP contribution in [-0.2, 0) is 24.0 Å². The molecule has 13 heteroatoms. The average Bonchev–Trinajstić information content (AvgIpc) is 3.78. The summed E-state index contributed by atoms with van der Waals surface area (Å²) in [5.74, 6) is -3.52. The SMILES string of the molecule is CCCC(NC(=O)[C@@H]1[C@@H](CC)CCN1C(=O)[C@@H](NC(=O)[C@@H](NC(=O)c1cnccn1)C1CCCCC1)C(C)(C)C)C(=O)C(=O)NC1CC1. The van der Waals surface area contributed by atoms with Crippen LogP contribution in [0.15, 0.2) is 18.6 Å². The second-order valence-corrected chi connectivity index (χ2v) is 14.6. The fraction of sp³-hybridized carbons (Fsp3) is 0.714. The van der Waals surface area contributed by atoms with E-state index in [4.69, 9.17) is 0 Å². The number of nitrogens with zero attached hydrogens (tertiary/aromatic N) is 3. The van der Waals surface area contributed by atoms with Crippen molar-refractivity contribution < 1.29 is 28.8 Å². The largest absolute Gasteiger partial charge is 0.347 e. The highest BCUT2D eigenvalue weighted by Gasteiger charge is 2.47. The molecule has 2 saturated carbocycles. The smallest absolute Gasteiger partial charge is 0.289 e. The van der Waals surface area contributed by atoms with E-state index < -0.39 is 64.9 Å². The van der Waals surface area contributed by atoms with Gasteiger partial charge in [-0.3, -0.25) is 33.8 Å². The van der Waals surface area contributed by atoms with Crippen LogP contribution in [0.2, 0.25) is 0 Å². The molecule has 13 nitrogen and oxygen atoms in total. The first-order valence-electron chi connectivity index (χ1n) is 17.7. The Morgan fingerprint density at radius 1 is 0.917 bits per heavy atom. The summed E-state index contributed by atoms with van der Waals surface area (Å²) in [6.45, 7) is 9.68. The summed E-state index contributed by atoms with van der Waals surface area (Å²) in [7, 11) is 0. The first-order chi connectivity index (χ1) is 22.8. The predicted molar refractivity (Wildman–Crippen MR) is 178 cm³/mol. The average molecular weight is 668 g/mol. The van der Waals surface area contributed by atoms with Gasteiger partial charge in [0.05, 0.1) is 12.2 Å². The van der Waals surface area contributed by atoms with E-state index in [1.807, 2.05) is 34.6 Å². The Morgan fingerprint density at radius 3 is 2.21 bits per heavy atom. The second-order valence-electron chi connectivity index (χ2n) is 14.6. The van der Waals surface area contributed by atoms with Crippen molar-refractivity contribution in [3.8, 4) is 0 Å². The third kappa shape index (κ3) is 9.37. The number of carbonyl (C=O) groups excluding carboxylic acids is 6. The summed E-state index contributed by atoms with van der Waals surface area (Å²) in [5, 5.41) is 11.4. The number of ketones is 1. The molecule has 5 atom stereocenters. The summed E-state index contributed by atoms with van der Waals surface area (Å²) < 4.78 is 0. The first-order valence-corrected chi connectivity index (χ1v) is 17.7. The first kappa shape index (κ1) is 36.9. The van der Waals surface area contributed by atoms with Crippen molar-refractivity contribution in [1.82, 2.24) is 36.1 Å². The highest BCUT2D eigenvalue weighted by molar-refractivity contribution is 6.38. The van der Waals surface area contributed by atoms with Crippen LogP contribution in [0.25, 0.3) is 0 Å². The molecule has 48 heavy (non-hydrogen) atoms. The van der Waals surface area contributed by atoms with Crippen LogP contribution < -0.4 is 21.3 Å². The molecular weight excluding hydrogens is 614 g/mol. The van der Waals surface area contributed by atoms with Gasteiger partial charge in [0, 0.05) is 25.0 Å². The molecule has 4 rings (SSSR count). The molecule has 1 unspecified atom stereocenters. The molecule has 0 spiro atoms. The van der Waals surface area contributed by atoms with Crippen molar-refractivity contribution in [2.75, 3.05) is 6.54 Å². The zero-order valence-corrected chi connectivity index (χ0v) is 29.0. The van der Waals surface area contributed by atoms with Gasteiger partial charge in [-0.15, -0.1) is 0 Å². The number of rotatable bonds is 14. The molecule has 1 saturated heterocycles. The Morgan fingerprint density at radius 2 is 1.62 bits per heavy atom. The molecule has 0 bridgehead atoms. The summed E-state index contributed by atoms with van der Waals surface area (Å²) in [4.78, 5) is 90.7. The zero-order chi connectivity index (χ0) is 35.0. The quantitative estimate of drug-likeness (QED) is 0.219. The number of carbonyl (C=O) groups is 6. The van der Waals surface area contributed by atoms with Gasteiger partial charge < -0.3 is 26.2 Å². The number of nitrogens with one attached hydrogen (secondary N) is 4. The van der Waals surface area contributed by atoms with Crippen LogP contribution in [0.5, 0.6) is 0 Å². The lowest BCUT2D eigenvalue weighted by Crippen LogP contribution is -2.62. The molecule has 1 aromatic heterocycles. The fourth-order valence-electron chi connectivity index (χ4n) is 6.89. The van der Waals surface area contributed by atoms with Crippen molar-refractivity contribution in [1.29, 1.82) is 0 Å². The Bertz CT molecular complexity index is 1320. The number of aromatic nitrogens is 2. The third-order valence-electron chi connectivity index (χ3n) is 9.83. The molecule has 3 aliphatic rings. The molecule has 1 aliphatic heterocycles. The molecule has 4 N–H and O–H groups in total. The van der Waals surface area contributed by atoms with Gasteiger partial charge in [-0.1, -0.05) is 66.7 Å². The van der Waals surface area contributed by atoms with Crippen LogP contribution in [0.1, 0.15) is 116 Å². The zero-order valence-electron chi connectivity index (χ0n) is 29.0. The topological polar surface area (TPSA) is 180 Å². The third-order valence-corrected chi connectivity index (χ3v) is 9.83. The summed E-state index contributed by atoms with van der Waals surface area (Å²) in [6.07, 6.45) is 12.4. The molecule has 5 amide bonds. The minimum absolute atomic E-state index is 0.00873. The lowest BCUT2D eigenvalue weighted by Gasteiger charge is -2.38. The highest BCUT2D eigenvalue weighted by atomic mass is 16.2. The van der Waals surface area contributed by atoms with Crippen LogP contribution >= 0.6 is 0 Å². The lowest BCUT2D eigenvalue weighted by molar-refractivity contribution is -0.146. The van der Waals surface area contributed by atoms with Gasteiger partial charge in [-0.25, -0.2) is 4.98 Å². The number of amides is 5. The van der Waals surface area contributed by atoms with E-state index in [9.17, 15) is 28.8 Å². The highest BCUT2D eigenvalue weighted by Crippen LogP contribution is 2.32. The van der Waals surface area contributed by atoms with E-state index in [0.29, 0.717) is 32.2 Å². The molecule has 2 heterocycles. The van der Waals surface area contributed by atoms with Gasteiger partial charge in [-0.2, -0.15) is 0 Å². The standard InChI is InChI=1S/C35H53N7O6/c1-6-11-24(28(43)33(47)38-23-14-15-23)39-32(46)27-21(7-2)16-19-42(27)34(48)29(35(3,4)5)41-31(45)26(22-12-9-8-10-13-22)40-30(44)25-20-36-17-18-37-25/h17-18,20-24,26-27,29H,6-16,19H2,1-5H3,(H,38,47)(H,39,46)(H,40,44)(H,41,45)/t21-,24?,26-,27-,29+/m0/s1. The van der Waals surface area contributed by atoms with Crippen molar-refractivity contribution in [2.24, 2.45) is 17.3 Å². The molecule has 0 aromatic carbocycles. The van der Waals surface area contributed by atoms with E-state index >= 15 is 0 Å². The van der Waals surface area contributed by atoms with Crippen molar-refractivity contribution in [3.05, 3.63) is 24.3 Å². The van der Waals surface area contributed by atoms with Gasteiger partial charge in [-0.05, 0) is 55.8 Å². The van der Waals surface area contributed by atoms with Gasteiger partial charge in [0.1, 0.15) is 23.8 Å². The van der Waals surface area contributed by atoms with Gasteiger partial charge in [0.2, 0.25) is 23.5 Å². The summed E-state index contributed by atoms with van der Waals surface area (Å²) in [5.41, 5.74) is -0.651. The normalized spacial score (nSPS) is 21.8. The lowest BCUT2D eigenvalue weighted by atomic mass is 9.82. The minimum atomic E-state index is -1.01. The maximum absolute atomic E-state index is 14.4. The maximum atomic E-state index is 14.4. The number of Topliss-reactive ketones (excluding diaryl/α,β-unsaturated/α-hetero) is 1. The number of hydrogen-bond donors (Lipinski definition) is 4. The molecule has 3 fully saturated rings. The van der Waals surface area contributed by atoms with E-state index in [0.717, 1.165) is 44.9 Å². The van der Waals surface area contributed by atoms with Crippen molar-refractivity contribution in [2.45, 2.75) is 135 Å². The van der Waals surface area contributed by atoms with Crippen molar-refractivity contribution in [3.63, 3.8) is 0 Å². The Hall–Kier alpha value is -3.90. The van der Waals surface area contributed by atoms with E-state index in [-0.39, 0.29) is 23.6 Å². The molecule has 0 radical (unpaired) electrons. The Kier molecular flexibility index (Phi) is 12.7. The van der Waals surface area contributed by atoms with E-state index in [2.05, 4.69) is 31.2 Å². The molecule has 2 aliphatic carbocycles. The fourth-order valence-corrected chi connectivity index (χ4v) is 6.89. The van der Waals surface area contributed by atoms with E-state index in [1.165, 1.54) is 23.5 Å². The van der Waals surface area contributed by atoms with Crippen molar-refractivity contribution >= 4 is 35.3 Å². The monoisotopic (exact) mass is 667 g/mol. The van der Waals surface area contributed by atoms with E-state index in [1.54, 1.807) is 0 Å². The summed E-state index contributed by atoms with van der Waals surface area (Å²) >= 11 is 0. The van der Waals surface area contributed by atoms with Crippen LogP contribution in [0.4, 0.5) is 0 Å². The number of likely N-dealkylation sites (tertiary alicyclic amines) is 1. The Labute approximate surface area is 283 Å². The second kappa shape index (κ2) is 16.5.